The molecule has 0 nitrogen and oxygen atoms in total. The van der Waals surface area contributed by atoms with Crippen LogP contribution in [0.5, 0.6) is 0 Å². The van der Waals surface area contributed by atoms with Crippen LogP contribution in [0.15, 0.2) is 18.2 Å². The minimum Gasteiger partial charge on any atom is -0.0639 e. The largest absolute Gasteiger partial charge is 0.0803 e. The van der Waals surface area contributed by atoms with Crippen molar-refractivity contribution < 1.29 is 0 Å². The molecule has 0 aliphatic rings. The fraction of sp³-hybridized carbons (Fsp3) is 0.538. The molecule has 0 spiro atoms. The number of benzene rings is 1. The lowest BCUT2D eigenvalue weighted by Gasteiger charge is -2.29. The topological polar surface area (TPSA) is 0 Å². The Morgan fingerprint density at radius 2 is 1.20 bits per heavy atom. The predicted octanol–water partition coefficient (Wildman–Crippen LogP) is 2.80. The van der Waals surface area contributed by atoms with Gasteiger partial charge < -0.3 is 0 Å². The van der Waals surface area contributed by atoms with Gasteiger partial charge in [-0.3, -0.25) is 0 Å². The minimum atomic E-state index is -0.314. The number of hydrogen-bond donors (Lipinski definition) is 0. The van der Waals surface area contributed by atoms with Crippen molar-refractivity contribution in [2.24, 2.45) is 0 Å². The average molecular weight is 196 g/mol. The van der Waals surface area contributed by atoms with Crippen LogP contribution >= 0.6 is 0 Å². The third-order valence-electron chi connectivity index (χ3n) is 2.72. The first-order chi connectivity index (χ1) is 6.64. The van der Waals surface area contributed by atoms with E-state index in [1.807, 2.05) is 33.8 Å². The zero-order valence-corrected chi connectivity index (χ0v) is 10.4. The summed E-state index contributed by atoms with van der Waals surface area (Å²) in [5.74, 6) is 0. The molecule has 0 unspecified atom stereocenters. The first-order valence-corrected chi connectivity index (χ1v) is 5.32. The molecule has 0 heterocycles. The molecular formula is C13H18B2. The molecule has 15 heavy (non-hydrogen) atoms. The van der Waals surface area contributed by atoms with Crippen LogP contribution < -0.4 is 0 Å². The normalized spacial score (nSPS) is 12.9. The maximum atomic E-state index is 6.13. The summed E-state index contributed by atoms with van der Waals surface area (Å²) in [5.41, 5.74) is 3.54. The zero-order chi connectivity index (χ0) is 11.9. The molecule has 1 aromatic carbocycles. The molecule has 0 atom stereocenters. The molecule has 2 heteroatoms. The summed E-state index contributed by atoms with van der Waals surface area (Å²) < 4.78 is 0. The predicted molar refractivity (Wildman–Crippen MR) is 68.7 cm³/mol. The van der Waals surface area contributed by atoms with Gasteiger partial charge in [-0.05, 0) is 34.2 Å². The van der Waals surface area contributed by atoms with Crippen molar-refractivity contribution >= 4 is 15.7 Å². The van der Waals surface area contributed by atoms with Crippen molar-refractivity contribution in [3.05, 3.63) is 34.9 Å². The second kappa shape index (κ2) is 3.73. The summed E-state index contributed by atoms with van der Waals surface area (Å²) in [4.78, 5) is 0. The molecule has 0 saturated heterocycles. The molecule has 0 bridgehead atoms. The zero-order valence-electron chi connectivity index (χ0n) is 10.4. The quantitative estimate of drug-likeness (QED) is 0.637. The molecule has 0 amide bonds. The van der Waals surface area contributed by atoms with E-state index in [0.29, 0.717) is 0 Å². The van der Waals surface area contributed by atoms with Gasteiger partial charge in [0, 0.05) is 0 Å². The Morgan fingerprint density at radius 1 is 0.867 bits per heavy atom. The fourth-order valence-electron chi connectivity index (χ4n) is 2.03. The highest BCUT2D eigenvalue weighted by atomic mass is 14.2. The van der Waals surface area contributed by atoms with Gasteiger partial charge in [-0.2, -0.15) is 0 Å². The van der Waals surface area contributed by atoms with E-state index >= 15 is 0 Å². The van der Waals surface area contributed by atoms with Crippen molar-refractivity contribution in [3.63, 3.8) is 0 Å². The Morgan fingerprint density at radius 3 is 1.47 bits per heavy atom. The van der Waals surface area contributed by atoms with E-state index in [9.17, 15) is 0 Å². The van der Waals surface area contributed by atoms with Gasteiger partial charge in [0.05, 0.1) is 15.7 Å². The van der Waals surface area contributed by atoms with E-state index in [1.54, 1.807) is 0 Å². The molecule has 4 radical (unpaired) electrons. The van der Waals surface area contributed by atoms with Crippen LogP contribution in [0.1, 0.15) is 44.4 Å². The molecule has 1 rings (SSSR count). The van der Waals surface area contributed by atoms with Crippen molar-refractivity contribution in [2.45, 2.75) is 45.2 Å². The first kappa shape index (κ1) is 12.4. The maximum Gasteiger partial charge on any atom is 0.0803 e. The highest BCUT2D eigenvalue weighted by Crippen LogP contribution is 2.30. The molecule has 76 valence electrons. The van der Waals surface area contributed by atoms with Crippen molar-refractivity contribution in [2.75, 3.05) is 0 Å². The van der Waals surface area contributed by atoms with Gasteiger partial charge in [0.1, 0.15) is 0 Å². The summed E-state index contributed by atoms with van der Waals surface area (Å²) in [6.45, 7) is 10.2. The van der Waals surface area contributed by atoms with Crippen LogP contribution in [-0.2, 0) is 10.6 Å². The van der Waals surface area contributed by atoms with Gasteiger partial charge in [-0.25, -0.2) is 0 Å². The maximum absolute atomic E-state index is 6.13. The summed E-state index contributed by atoms with van der Waals surface area (Å²) in [6, 6.07) is 6.18. The van der Waals surface area contributed by atoms with Crippen molar-refractivity contribution in [3.8, 4) is 0 Å². The number of hydrogen-bond acceptors (Lipinski definition) is 0. The van der Waals surface area contributed by atoms with Crippen LogP contribution in [0.25, 0.3) is 0 Å². The van der Waals surface area contributed by atoms with Gasteiger partial charge >= 0.3 is 0 Å². The van der Waals surface area contributed by atoms with E-state index < -0.39 is 0 Å². The van der Waals surface area contributed by atoms with Crippen LogP contribution in [0.4, 0.5) is 0 Å². The Hall–Kier alpha value is -0.650. The summed E-state index contributed by atoms with van der Waals surface area (Å²) in [7, 11) is 12.3. The standard InChI is InChI=1S/C13H18B2/c1-9-10(12(2,3)14)7-6-8-11(9)13(4,5)15/h6-8H,1-5H3. The molecule has 0 N–H and O–H groups in total. The highest BCUT2D eigenvalue weighted by molar-refractivity contribution is 6.16. The van der Waals surface area contributed by atoms with Crippen molar-refractivity contribution in [1.29, 1.82) is 0 Å². The number of rotatable bonds is 2. The molecule has 0 fully saturated rings. The molecule has 0 aliphatic heterocycles. The first-order valence-electron chi connectivity index (χ1n) is 5.32. The van der Waals surface area contributed by atoms with Gasteiger partial charge in [-0.1, -0.05) is 45.9 Å². The molecule has 0 aromatic heterocycles. The van der Waals surface area contributed by atoms with E-state index in [1.165, 1.54) is 16.7 Å². The lowest BCUT2D eigenvalue weighted by Crippen LogP contribution is -2.23. The lowest BCUT2D eigenvalue weighted by atomic mass is 9.61. The monoisotopic (exact) mass is 196 g/mol. The average Bonchev–Trinajstić information content (AvgIpc) is 1.99. The van der Waals surface area contributed by atoms with Crippen LogP contribution in [-0.4, -0.2) is 15.7 Å². The van der Waals surface area contributed by atoms with E-state index in [0.717, 1.165) is 0 Å². The molecule has 1 aromatic rings. The molecule has 0 aliphatic carbocycles. The van der Waals surface area contributed by atoms with Gasteiger partial charge in [0.25, 0.3) is 0 Å². The smallest absolute Gasteiger partial charge is 0.0639 e. The summed E-state index contributed by atoms with van der Waals surface area (Å²) >= 11 is 0. The van der Waals surface area contributed by atoms with Crippen molar-refractivity contribution in [1.82, 2.24) is 0 Å². The second-order valence-corrected chi connectivity index (χ2v) is 5.42. The Balaban J connectivity index is 3.37. The van der Waals surface area contributed by atoms with Gasteiger partial charge in [0.2, 0.25) is 0 Å². The Labute approximate surface area is 96.3 Å². The molecule has 0 saturated carbocycles. The van der Waals surface area contributed by atoms with Gasteiger partial charge in [0.15, 0.2) is 0 Å². The van der Waals surface area contributed by atoms with E-state index in [2.05, 4.69) is 19.1 Å². The minimum absolute atomic E-state index is 0.314. The third-order valence-corrected chi connectivity index (χ3v) is 2.72. The molecular weight excluding hydrogens is 178 g/mol. The van der Waals surface area contributed by atoms with Crippen LogP contribution in [0.2, 0.25) is 0 Å². The second-order valence-electron chi connectivity index (χ2n) is 5.42. The third kappa shape index (κ3) is 2.68. The lowest BCUT2D eigenvalue weighted by molar-refractivity contribution is 0.722. The summed E-state index contributed by atoms with van der Waals surface area (Å²) in [5, 5.41) is -0.628. The highest BCUT2D eigenvalue weighted by Gasteiger charge is 2.21. The van der Waals surface area contributed by atoms with E-state index in [-0.39, 0.29) is 10.6 Å². The van der Waals surface area contributed by atoms with E-state index in [4.69, 9.17) is 15.7 Å². The van der Waals surface area contributed by atoms with Gasteiger partial charge in [-0.15, -0.1) is 0 Å². The Bertz CT molecular complexity index is 322. The van der Waals surface area contributed by atoms with Crippen LogP contribution in [0, 0.1) is 6.92 Å². The Kier molecular flexibility index (Phi) is 3.09. The van der Waals surface area contributed by atoms with Crippen LogP contribution in [0.3, 0.4) is 0 Å². The SMILES string of the molecule is [B]C(C)(C)c1cccc(C([B])(C)C)c1C. The summed E-state index contributed by atoms with van der Waals surface area (Å²) in [6.07, 6.45) is 0. The fourth-order valence-corrected chi connectivity index (χ4v) is 2.03.